The van der Waals surface area contributed by atoms with Gasteiger partial charge in [0.15, 0.2) is 33.6 Å². The van der Waals surface area contributed by atoms with Gasteiger partial charge in [0.1, 0.15) is 0 Å². The van der Waals surface area contributed by atoms with Gasteiger partial charge in [0.05, 0.1) is 0 Å². The van der Waals surface area contributed by atoms with Gasteiger partial charge < -0.3 is 0 Å². The van der Waals surface area contributed by atoms with Crippen LogP contribution in [0.15, 0.2) is 406 Å². The molecule has 98 heavy (non-hydrogen) atoms. The van der Waals surface area contributed by atoms with Crippen LogP contribution >= 0.6 is 0 Å². The highest BCUT2D eigenvalue weighted by molar-refractivity contribution is 7.22. The third-order valence-electron chi connectivity index (χ3n) is 19.2. The van der Waals surface area contributed by atoms with E-state index in [2.05, 4.69) is 394 Å². The Morgan fingerprint density at radius 3 is 0.490 bits per heavy atom. The van der Waals surface area contributed by atoms with Crippen molar-refractivity contribution in [1.29, 1.82) is 0 Å². The van der Waals surface area contributed by atoms with Crippen LogP contribution in [0.4, 0.5) is 0 Å². The predicted molar refractivity (Wildman–Crippen MR) is 416 cm³/mol. The monoisotopic (exact) mass is 1280 g/mol. The van der Waals surface area contributed by atoms with Crippen LogP contribution in [0.1, 0.15) is 0 Å². The SMILES string of the molecule is c1ccc(-c2cccc([Si](c3cccc(-c4ccccc4)c3)(c3cccc(-c4ccccc4)c3)c3cc(-c4nc(-c5ccccc5)nc(-c5ccccc5)n4)cc([Si](c4cccc(-c5ccccc5)c4)(c4cccc(-c5ccccc5)c4)c4cccc(-c5ccccc5)c4)c3)c2)cc1. The van der Waals surface area contributed by atoms with E-state index in [0.29, 0.717) is 17.5 Å². The molecule has 16 aromatic rings. The van der Waals surface area contributed by atoms with E-state index in [0.717, 1.165) is 83.5 Å². The Morgan fingerprint density at radius 1 is 0.122 bits per heavy atom. The molecular weight excluding hydrogens is 1220 g/mol. The van der Waals surface area contributed by atoms with Crippen molar-refractivity contribution in [2.45, 2.75) is 0 Å². The average molecular weight is 1280 g/mol. The normalized spacial score (nSPS) is 11.5. The van der Waals surface area contributed by atoms with Crippen molar-refractivity contribution in [3.05, 3.63) is 406 Å². The van der Waals surface area contributed by atoms with Crippen LogP contribution < -0.4 is 41.5 Å². The largest absolute Gasteiger partial charge is 0.208 e. The van der Waals surface area contributed by atoms with E-state index in [1.165, 1.54) is 41.5 Å². The summed E-state index contributed by atoms with van der Waals surface area (Å²) in [6, 6.07) is 150. The maximum atomic E-state index is 5.71. The fourth-order valence-electron chi connectivity index (χ4n) is 14.5. The third kappa shape index (κ3) is 11.9. The summed E-state index contributed by atoms with van der Waals surface area (Å²) in [5.74, 6) is 1.77. The first-order chi connectivity index (χ1) is 48.5. The smallest absolute Gasteiger partial charge is 0.179 e. The van der Waals surface area contributed by atoms with E-state index >= 15 is 0 Å². The Kier molecular flexibility index (Phi) is 16.9. The molecule has 0 atom stereocenters. The van der Waals surface area contributed by atoms with Gasteiger partial charge in [-0.3, -0.25) is 0 Å². The second-order valence-electron chi connectivity index (χ2n) is 25.0. The lowest BCUT2D eigenvalue weighted by atomic mass is 10.1. The maximum absolute atomic E-state index is 5.71. The molecule has 5 heteroatoms. The number of hydrogen-bond acceptors (Lipinski definition) is 3. The first-order valence-corrected chi connectivity index (χ1v) is 37.5. The zero-order chi connectivity index (χ0) is 65.5. The Balaban J connectivity index is 1.12. The first-order valence-electron chi connectivity index (χ1n) is 33.5. The zero-order valence-corrected chi connectivity index (χ0v) is 56.0. The van der Waals surface area contributed by atoms with Crippen LogP contribution in [0.3, 0.4) is 0 Å². The van der Waals surface area contributed by atoms with Gasteiger partial charge >= 0.3 is 0 Å². The minimum Gasteiger partial charge on any atom is -0.208 e. The molecule has 1 heterocycles. The number of hydrogen-bond donors (Lipinski definition) is 0. The van der Waals surface area contributed by atoms with Crippen molar-refractivity contribution >= 4 is 57.6 Å². The Bertz CT molecular complexity index is 4690. The summed E-state index contributed by atoms with van der Waals surface area (Å²) in [5.41, 5.74) is 16.4. The van der Waals surface area contributed by atoms with Crippen LogP contribution in [0.25, 0.3) is 101 Å². The summed E-state index contributed by atoms with van der Waals surface area (Å²) < 4.78 is 0. The van der Waals surface area contributed by atoms with E-state index in [9.17, 15) is 0 Å². The van der Waals surface area contributed by atoms with E-state index < -0.39 is 16.1 Å². The van der Waals surface area contributed by atoms with Crippen molar-refractivity contribution in [2.24, 2.45) is 0 Å². The summed E-state index contributed by atoms with van der Waals surface area (Å²) in [6.07, 6.45) is 0. The standard InChI is InChI=1S/C93H67N3Si2/c1-9-31-68(32-10-1)76-47-25-53-83(59-76)97(84-54-26-48-77(60-84)69-33-11-2-12-34-69,85-55-27-49-78(61-85)70-35-13-3-14-36-70)89-65-82(93-95-91(74-43-21-7-22-44-74)94-92(96-93)75-45-23-8-24-46-75)66-90(67-89)98(86-56-28-50-79(62-86)71-37-15-4-16-38-71,87-57-29-51-80(63-87)72-39-17-5-18-40-72)88-58-30-52-81(64-88)73-41-19-6-20-42-73/h1-67H. The summed E-state index contributed by atoms with van der Waals surface area (Å²) >= 11 is 0. The Hall–Kier alpha value is -12.3. The van der Waals surface area contributed by atoms with Crippen LogP contribution in [-0.4, -0.2) is 31.1 Å². The van der Waals surface area contributed by atoms with Crippen molar-refractivity contribution in [3.63, 3.8) is 0 Å². The fraction of sp³-hybridized carbons (Fsp3) is 0. The molecule has 1 aromatic heterocycles. The summed E-state index contributed by atoms with van der Waals surface area (Å²) in [5, 5.41) is 9.77. The number of nitrogens with zero attached hydrogens (tertiary/aromatic N) is 3. The molecule has 0 aliphatic heterocycles. The van der Waals surface area contributed by atoms with Gasteiger partial charge in [-0.15, -0.1) is 0 Å². The quantitative estimate of drug-likeness (QED) is 0.0674. The lowest BCUT2D eigenvalue weighted by molar-refractivity contribution is 1.07. The number of rotatable bonds is 17. The van der Waals surface area contributed by atoms with Gasteiger partial charge in [-0.05, 0) is 108 Å². The molecular formula is C93H67N3Si2. The predicted octanol–water partition coefficient (Wildman–Crippen LogP) is 17.6. The average Bonchev–Trinajstić information content (AvgIpc) is 0.707. The second kappa shape index (κ2) is 27.2. The molecule has 0 radical (unpaired) electrons. The molecule has 0 spiro atoms. The molecule has 0 aliphatic carbocycles. The van der Waals surface area contributed by atoms with Crippen LogP contribution in [0, 0.1) is 0 Å². The molecule has 0 N–H and O–H groups in total. The van der Waals surface area contributed by atoms with E-state index in [1.54, 1.807) is 0 Å². The van der Waals surface area contributed by atoms with Crippen molar-refractivity contribution < 1.29 is 0 Å². The summed E-state index contributed by atoms with van der Waals surface area (Å²) in [4.78, 5) is 16.8. The summed E-state index contributed by atoms with van der Waals surface area (Å²) in [7, 11) is -7.53. The molecule has 0 bridgehead atoms. The fourth-order valence-corrected chi connectivity index (χ4v) is 24.4. The maximum Gasteiger partial charge on any atom is 0.179 e. The molecule has 3 nitrogen and oxygen atoms in total. The van der Waals surface area contributed by atoms with E-state index in [4.69, 9.17) is 15.0 Å². The molecule has 0 saturated heterocycles. The van der Waals surface area contributed by atoms with E-state index in [1.807, 2.05) is 12.1 Å². The number of benzene rings is 15. The van der Waals surface area contributed by atoms with Gasteiger partial charge in [-0.2, -0.15) is 0 Å². The van der Waals surface area contributed by atoms with E-state index in [-0.39, 0.29) is 0 Å². The Morgan fingerprint density at radius 2 is 0.286 bits per heavy atom. The number of aromatic nitrogens is 3. The highest BCUT2D eigenvalue weighted by Gasteiger charge is 2.47. The minimum absolute atomic E-state index is 0.579. The molecule has 462 valence electrons. The lowest BCUT2D eigenvalue weighted by Gasteiger charge is -2.39. The van der Waals surface area contributed by atoms with Crippen molar-refractivity contribution in [1.82, 2.24) is 15.0 Å². The minimum atomic E-state index is -3.76. The molecule has 0 amide bonds. The first kappa shape index (κ1) is 60.7. The topological polar surface area (TPSA) is 38.7 Å². The van der Waals surface area contributed by atoms with Crippen LogP contribution in [-0.2, 0) is 0 Å². The van der Waals surface area contributed by atoms with Crippen molar-refractivity contribution in [2.75, 3.05) is 0 Å². The van der Waals surface area contributed by atoms with Crippen LogP contribution in [0.5, 0.6) is 0 Å². The molecule has 16 rings (SSSR count). The van der Waals surface area contributed by atoms with Crippen LogP contribution in [0.2, 0.25) is 0 Å². The van der Waals surface area contributed by atoms with Gasteiger partial charge in [0, 0.05) is 16.7 Å². The highest BCUT2D eigenvalue weighted by atomic mass is 28.3. The van der Waals surface area contributed by atoms with Gasteiger partial charge in [-0.1, -0.05) is 406 Å². The summed E-state index contributed by atoms with van der Waals surface area (Å²) in [6.45, 7) is 0. The van der Waals surface area contributed by atoms with Gasteiger partial charge in [0.25, 0.3) is 0 Å². The van der Waals surface area contributed by atoms with Gasteiger partial charge in [0.2, 0.25) is 0 Å². The Labute approximate surface area is 576 Å². The lowest BCUT2D eigenvalue weighted by Crippen LogP contribution is -2.78. The second-order valence-corrected chi connectivity index (χ2v) is 32.6. The molecule has 0 fully saturated rings. The molecule has 15 aromatic carbocycles. The molecule has 0 saturated carbocycles. The zero-order valence-electron chi connectivity index (χ0n) is 54.0. The third-order valence-corrected chi connectivity index (χ3v) is 28.5. The molecule has 0 unspecified atom stereocenters. The van der Waals surface area contributed by atoms with Gasteiger partial charge in [-0.25, -0.2) is 15.0 Å². The molecule has 0 aliphatic rings. The highest BCUT2D eigenvalue weighted by Crippen LogP contribution is 2.31. The van der Waals surface area contributed by atoms with Crippen molar-refractivity contribution in [3.8, 4) is 101 Å².